The van der Waals surface area contributed by atoms with Crippen molar-refractivity contribution in [2.75, 3.05) is 31.2 Å². The van der Waals surface area contributed by atoms with Gasteiger partial charge in [-0.05, 0) is 31.5 Å². The normalized spacial score (nSPS) is 12.4. The van der Waals surface area contributed by atoms with Crippen LogP contribution in [0.1, 0.15) is 37.8 Å². The second-order valence-electron chi connectivity index (χ2n) is 7.91. The number of likely N-dealkylation sites (N-methyl/N-ethyl adjacent to an activating group) is 1. The molecule has 2 heterocycles. The summed E-state index contributed by atoms with van der Waals surface area (Å²) in [6.45, 7) is 6.01. The Morgan fingerprint density at radius 3 is 2.61 bits per heavy atom. The number of hydrogen-bond acceptors (Lipinski definition) is 8. The number of fused-ring (bicyclic) bond motifs is 1. The van der Waals surface area contributed by atoms with Crippen LogP contribution in [0, 0.1) is 0 Å². The third-order valence-corrected chi connectivity index (χ3v) is 5.12. The first kappa shape index (κ1) is 22.6. The Balaban J connectivity index is 1.87. The molecule has 0 aliphatic rings. The molecule has 2 aromatic heterocycles. The van der Waals surface area contributed by atoms with Crippen molar-refractivity contribution in [2.24, 2.45) is 0 Å². The van der Waals surface area contributed by atoms with Crippen LogP contribution in [0.25, 0.3) is 10.9 Å². The minimum Gasteiger partial charge on any atom is -0.395 e. The Morgan fingerprint density at radius 2 is 1.94 bits per heavy atom. The number of anilines is 2. The number of benzene rings is 1. The monoisotopic (exact) mass is 425 g/mol. The number of nitrogens with one attached hydrogen (secondary N) is 1. The average molecular weight is 426 g/mol. The van der Waals surface area contributed by atoms with Gasteiger partial charge in [0.1, 0.15) is 16.7 Å². The number of nitrogens with two attached hydrogens (primary N) is 1. The van der Waals surface area contributed by atoms with E-state index in [4.69, 9.17) is 10.8 Å². The summed E-state index contributed by atoms with van der Waals surface area (Å²) in [7, 11) is 1.96. The second-order valence-corrected chi connectivity index (χ2v) is 7.91. The summed E-state index contributed by atoms with van der Waals surface area (Å²) in [5.41, 5.74) is 8.12. The fourth-order valence-electron chi connectivity index (χ4n) is 3.55. The minimum absolute atomic E-state index is 0.111. The zero-order valence-corrected chi connectivity index (χ0v) is 18.4. The summed E-state index contributed by atoms with van der Waals surface area (Å²) >= 11 is 0. The average Bonchev–Trinajstić information content (AvgIpc) is 2.71. The van der Waals surface area contributed by atoms with Crippen LogP contribution in [0.5, 0.6) is 0 Å². The van der Waals surface area contributed by atoms with E-state index in [0.717, 1.165) is 30.5 Å². The van der Waals surface area contributed by atoms with Gasteiger partial charge in [-0.1, -0.05) is 37.6 Å². The molecule has 0 saturated carbocycles. The van der Waals surface area contributed by atoms with Crippen LogP contribution < -0.4 is 16.6 Å². The maximum Gasteiger partial charge on any atom is 0.280 e. The summed E-state index contributed by atoms with van der Waals surface area (Å²) in [4.78, 5) is 23.7. The van der Waals surface area contributed by atoms with Gasteiger partial charge in [0.25, 0.3) is 5.56 Å². The van der Waals surface area contributed by atoms with Crippen molar-refractivity contribution >= 4 is 22.7 Å². The molecule has 166 valence electrons. The topological polar surface area (TPSA) is 122 Å². The fraction of sp³-hybridized carbons (Fsp3) is 0.455. The van der Waals surface area contributed by atoms with Crippen molar-refractivity contribution in [1.82, 2.24) is 24.6 Å². The predicted octanol–water partition coefficient (Wildman–Crippen LogP) is 1.84. The van der Waals surface area contributed by atoms with Gasteiger partial charge in [-0.3, -0.25) is 9.69 Å². The van der Waals surface area contributed by atoms with Crippen LogP contribution in [0.2, 0.25) is 0 Å². The highest BCUT2D eigenvalue weighted by Crippen LogP contribution is 2.19. The summed E-state index contributed by atoms with van der Waals surface area (Å²) in [5.74, 6) is 0.561. The molecule has 0 radical (unpaired) electrons. The highest BCUT2D eigenvalue weighted by molar-refractivity contribution is 5.88. The van der Waals surface area contributed by atoms with E-state index in [1.807, 2.05) is 43.1 Å². The van der Waals surface area contributed by atoms with Crippen LogP contribution >= 0.6 is 0 Å². The molecule has 9 heteroatoms. The number of aromatic nitrogens is 4. The maximum absolute atomic E-state index is 13.2. The number of aliphatic hydroxyl groups is 1. The molecular weight excluding hydrogens is 394 g/mol. The SMILES string of the molecule is CCC[C@@H](C)Nc1nc(N)nc2cnn(Cc3ccc(CN(C)CCO)cc3)c(=O)c12. The smallest absolute Gasteiger partial charge is 0.280 e. The minimum atomic E-state index is -0.254. The van der Waals surface area contributed by atoms with Crippen molar-refractivity contribution < 1.29 is 5.11 Å². The lowest BCUT2D eigenvalue weighted by Gasteiger charge is -2.16. The Bertz CT molecular complexity index is 1070. The molecule has 0 aliphatic carbocycles. The van der Waals surface area contributed by atoms with Gasteiger partial charge in [0.2, 0.25) is 5.95 Å². The largest absolute Gasteiger partial charge is 0.395 e. The van der Waals surface area contributed by atoms with Gasteiger partial charge in [0, 0.05) is 19.1 Å². The highest BCUT2D eigenvalue weighted by atomic mass is 16.3. The number of aliphatic hydroxyl groups excluding tert-OH is 1. The Morgan fingerprint density at radius 1 is 1.23 bits per heavy atom. The molecule has 0 fully saturated rings. The van der Waals surface area contributed by atoms with Crippen molar-refractivity contribution in [3.05, 3.63) is 51.9 Å². The van der Waals surface area contributed by atoms with Gasteiger partial charge in [-0.25, -0.2) is 9.67 Å². The molecule has 0 saturated heterocycles. The van der Waals surface area contributed by atoms with Gasteiger partial charge in [0.05, 0.1) is 19.3 Å². The number of hydrogen-bond donors (Lipinski definition) is 3. The van der Waals surface area contributed by atoms with E-state index in [1.54, 1.807) is 6.20 Å². The lowest BCUT2D eigenvalue weighted by atomic mass is 10.1. The van der Waals surface area contributed by atoms with E-state index in [1.165, 1.54) is 4.68 Å². The Hall–Kier alpha value is -3.04. The lowest BCUT2D eigenvalue weighted by molar-refractivity contribution is 0.217. The van der Waals surface area contributed by atoms with Crippen LogP contribution in [0.3, 0.4) is 0 Å². The van der Waals surface area contributed by atoms with Crippen LogP contribution in [0.4, 0.5) is 11.8 Å². The molecule has 0 amide bonds. The van der Waals surface area contributed by atoms with Gasteiger partial charge < -0.3 is 16.2 Å². The standard InChI is InChI=1S/C22H31N7O2/c1-4-5-15(2)25-20-19-18(26-22(23)27-20)12-24-29(21(19)31)14-17-8-6-16(7-9-17)13-28(3)10-11-30/h6-9,12,15,30H,4-5,10-11,13-14H2,1-3H3,(H3,23,25,26,27)/t15-/m1/s1. The van der Waals surface area contributed by atoms with E-state index in [0.29, 0.717) is 29.8 Å². The first-order valence-corrected chi connectivity index (χ1v) is 10.6. The van der Waals surface area contributed by atoms with Crippen LogP contribution in [0.15, 0.2) is 35.3 Å². The first-order chi connectivity index (χ1) is 14.9. The molecule has 9 nitrogen and oxygen atoms in total. The van der Waals surface area contributed by atoms with Gasteiger partial charge in [0.15, 0.2) is 0 Å². The predicted molar refractivity (Wildman–Crippen MR) is 123 cm³/mol. The second kappa shape index (κ2) is 10.3. The van der Waals surface area contributed by atoms with Gasteiger partial charge in [-0.2, -0.15) is 10.1 Å². The molecule has 3 rings (SSSR count). The van der Waals surface area contributed by atoms with Gasteiger partial charge >= 0.3 is 0 Å². The molecule has 1 atom stereocenters. The quantitative estimate of drug-likeness (QED) is 0.450. The third kappa shape index (κ3) is 5.77. The van der Waals surface area contributed by atoms with Crippen molar-refractivity contribution in [3.63, 3.8) is 0 Å². The maximum atomic E-state index is 13.2. The first-order valence-electron chi connectivity index (χ1n) is 10.6. The van der Waals surface area contributed by atoms with Gasteiger partial charge in [-0.15, -0.1) is 0 Å². The Labute approximate surface area is 181 Å². The Kier molecular flexibility index (Phi) is 7.54. The van der Waals surface area contributed by atoms with E-state index >= 15 is 0 Å². The molecule has 0 spiro atoms. The van der Waals surface area contributed by atoms with E-state index in [2.05, 4.69) is 27.3 Å². The third-order valence-electron chi connectivity index (χ3n) is 5.12. The molecule has 0 unspecified atom stereocenters. The summed E-state index contributed by atoms with van der Waals surface area (Å²) < 4.78 is 1.42. The van der Waals surface area contributed by atoms with Crippen molar-refractivity contribution in [1.29, 1.82) is 0 Å². The summed E-state index contributed by atoms with van der Waals surface area (Å²) in [5, 5.41) is 17.0. The zero-order valence-electron chi connectivity index (χ0n) is 18.4. The van der Waals surface area contributed by atoms with Crippen LogP contribution in [-0.2, 0) is 13.1 Å². The van der Waals surface area contributed by atoms with Crippen molar-refractivity contribution in [2.45, 2.75) is 45.8 Å². The van der Waals surface area contributed by atoms with E-state index in [-0.39, 0.29) is 24.2 Å². The molecular formula is C22H31N7O2. The molecule has 0 bridgehead atoms. The molecule has 31 heavy (non-hydrogen) atoms. The summed E-state index contributed by atoms with van der Waals surface area (Å²) in [6, 6.07) is 8.18. The highest BCUT2D eigenvalue weighted by Gasteiger charge is 2.15. The molecule has 1 aromatic carbocycles. The molecule has 0 aliphatic heterocycles. The number of nitrogens with zero attached hydrogens (tertiary/aromatic N) is 5. The zero-order chi connectivity index (χ0) is 22.4. The van der Waals surface area contributed by atoms with E-state index < -0.39 is 0 Å². The summed E-state index contributed by atoms with van der Waals surface area (Å²) in [6.07, 6.45) is 3.53. The molecule has 4 N–H and O–H groups in total. The van der Waals surface area contributed by atoms with Crippen LogP contribution in [-0.4, -0.2) is 56.0 Å². The number of nitrogen functional groups attached to an aromatic ring is 1. The van der Waals surface area contributed by atoms with Crippen molar-refractivity contribution in [3.8, 4) is 0 Å². The lowest BCUT2D eigenvalue weighted by Crippen LogP contribution is -2.26. The fourth-order valence-corrected chi connectivity index (χ4v) is 3.55. The van der Waals surface area contributed by atoms with E-state index in [9.17, 15) is 4.79 Å². The molecule has 3 aromatic rings. The number of rotatable bonds is 10.